The van der Waals surface area contributed by atoms with Crippen LogP contribution in [0.4, 0.5) is 0 Å². The van der Waals surface area contributed by atoms with Crippen LogP contribution >= 0.6 is 35.3 Å². The number of halogens is 1. The third kappa shape index (κ3) is 5.87. The van der Waals surface area contributed by atoms with Crippen LogP contribution < -0.4 is 10.6 Å². The van der Waals surface area contributed by atoms with Crippen LogP contribution in [0.15, 0.2) is 16.7 Å². The molecule has 2 aromatic heterocycles. The monoisotopic (exact) mass is 435 g/mol. The van der Waals surface area contributed by atoms with Gasteiger partial charge in [-0.2, -0.15) is 0 Å². The Kier molecular flexibility index (Phi) is 8.31. The molecule has 0 fully saturated rings. The summed E-state index contributed by atoms with van der Waals surface area (Å²) in [6.45, 7) is 6.19. The zero-order valence-electron chi connectivity index (χ0n) is 13.0. The van der Waals surface area contributed by atoms with Gasteiger partial charge in [-0.1, -0.05) is 0 Å². The van der Waals surface area contributed by atoms with E-state index in [-0.39, 0.29) is 24.0 Å². The standard InChI is InChI=1S/C13H21N7S.HI/c1-4-14-13(16-7-12-19-17-9-20(12)3)15-6-5-11-8-21-10(2)18-11;/h8-9H,4-7H2,1-3H3,(H2,14,15,16);1H. The molecule has 0 saturated heterocycles. The maximum atomic E-state index is 4.51. The molecule has 2 N–H and O–H groups in total. The molecule has 0 saturated carbocycles. The Morgan fingerprint density at radius 3 is 2.82 bits per heavy atom. The molecule has 0 aliphatic carbocycles. The molecule has 0 radical (unpaired) electrons. The number of hydrogen-bond donors (Lipinski definition) is 2. The molecule has 2 heterocycles. The van der Waals surface area contributed by atoms with Crippen LogP contribution in [0.5, 0.6) is 0 Å². The molecular weight excluding hydrogens is 413 g/mol. The van der Waals surface area contributed by atoms with Gasteiger partial charge in [-0.3, -0.25) is 0 Å². The predicted molar refractivity (Wildman–Crippen MR) is 99.8 cm³/mol. The highest BCUT2D eigenvalue weighted by Crippen LogP contribution is 2.07. The van der Waals surface area contributed by atoms with E-state index < -0.39 is 0 Å². The Morgan fingerprint density at radius 2 is 2.23 bits per heavy atom. The van der Waals surface area contributed by atoms with Gasteiger partial charge in [-0.15, -0.1) is 45.5 Å². The second-order valence-electron chi connectivity index (χ2n) is 4.59. The van der Waals surface area contributed by atoms with E-state index in [1.54, 1.807) is 17.7 Å². The van der Waals surface area contributed by atoms with E-state index in [0.29, 0.717) is 6.54 Å². The lowest BCUT2D eigenvalue weighted by Crippen LogP contribution is -2.38. The molecular formula is C13H22IN7S. The maximum Gasteiger partial charge on any atom is 0.191 e. The Labute approximate surface area is 151 Å². The minimum absolute atomic E-state index is 0. The number of thiazole rings is 1. The van der Waals surface area contributed by atoms with Crippen LogP contribution in [-0.4, -0.2) is 38.8 Å². The van der Waals surface area contributed by atoms with Crippen LogP contribution in [0, 0.1) is 6.92 Å². The molecule has 0 spiro atoms. The molecule has 0 amide bonds. The number of hydrogen-bond acceptors (Lipinski definition) is 5. The predicted octanol–water partition coefficient (Wildman–Crippen LogP) is 1.50. The van der Waals surface area contributed by atoms with Gasteiger partial charge in [-0.25, -0.2) is 9.98 Å². The van der Waals surface area contributed by atoms with E-state index >= 15 is 0 Å². The Balaban J connectivity index is 0.00000242. The van der Waals surface area contributed by atoms with Crippen molar-refractivity contribution in [1.29, 1.82) is 0 Å². The highest BCUT2D eigenvalue weighted by atomic mass is 127. The number of rotatable bonds is 6. The normalized spacial score (nSPS) is 11.1. The molecule has 0 unspecified atom stereocenters. The fourth-order valence-electron chi connectivity index (χ4n) is 1.77. The van der Waals surface area contributed by atoms with E-state index in [1.165, 1.54) is 0 Å². The number of aromatic nitrogens is 4. The summed E-state index contributed by atoms with van der Waals surface area (Å²) in [6, 6.07) is 0. The zero-order valence-corrected chi connectivity index (χ0v) is 16.2. The van der Waals surface area contributed by atoms with Gasteiger partial charge in [0.2, 0.25) is 0 Å². The van der Waals surface area contributed by atoms with E-state index in [9.17, 15) is 0 Å². The van der Waals surface area contributed by atoms with Crippen molar-refractivity contribution in [3.63, 3.8) is 0 Å². The lowest BCUT2D eigenvalue weighted by molar-refractivity contribution is 0.760. The minimum Gasteiger partial charge on any atom is -0.357 e. The van der Waals surface area contributed by atoms with Crippen LogP contribution in [0.2, 0.25) is 0 Å². The van der Waals surface area contributed by atoms with Crippen molar-refractivity contribution in [3.8, 4) is 0 Å². The van der Waals surface area contributed by atoms with Gasteiger partial charge in [0.25, 0.3) is 0 Å². The third-order valence-electron chi connectivity index (χ3n) is 2.87. The number of aliphatic imine (C=N–C) groups is 1. The SMILES string of the molecule is CCNC(=NCc1nncn1C)NCCc1csc(C)n1.I. The fraction of sp³-hybridized carbons (Fsp3) is 0.538. The number of guanidine groups is 1. The molecule has 7 nitrogen and oxygen atoms in total. The van der Waals surface area contributed by atoms with Crippen molar-refractivity contribution in [1.82, 2.24) is 30.4 Å². The van der Waals surface area contributed by atoms with E-state index in [4.69, 9.17) is 0 Å². The van der Waals surface area contributed by atoms with Gasteiger partial charge in [-0.05, 0) is 13.8 Å². The van der Waals surface area contributed by atoms with Crippen LogP contribution in [0.25, 0.3) is 0 Å². The molecule has 122 valence electrons. The summed E-state index contributed by atoms with van der Waals surface area (Å²) in [4.78, 5) is 8.95. The van der Waals surface area contributed by atoms with Gasteiger partial charge in [0.1, 0.15) is 12.9 Å². The molecule has 9 heteroatoms. The van der Waals surface area contributed by atoms with Crippen molar-refractivity contribution < 1.29 is 0 Å². The maximum absolute atomic E-state index is 4.51. The number of nitrogens with one attached hydrogen (secondary N) is 2. The molecule has 0 bridgehead atoms. The Hall–Kier alpha value is -1.23. The number of nitrogens with zero attached hydrogens (tertiary/aromatic N) is 5. The average Bonchev–Trinajstić information content (AvgIpc) is 3.05. The van der Waals surface area contributed by atoms with Gasteiger partial charge >= 0.3 is 0 Å². The zero-order chi connectivity index (χ0) is 15.1. The van der Waals surface area contributed by atoms with Crippen LogP contribution in [0.3, 0.4) is 0 Å². The van der Waals surface area contributed by atoms with Gasteiger partial charge in [0, 0.05) is 31.9 Å². The molecule has 0 atom stereocenters. The topological polar surface area (TPSA) is 80.0 Å². The second-order valence-corrected chi connectivity index (χ2v) is 5.65. The highest BCUT2D eigenvalue weighted by molar-refractivity contribution is 14.0. The smallest absolute Gasteiger partial charge is 0.191 e. The number of aryl methyl sites for hydroxylation is 2. The van der Waals surface area contributed by atoms with Crippen LogP contribution in [-0.2, 0) is 20.0 Å². The van der Waals surface area contributed by atoms with Crippen molar-refractivity contribution in [2.75, 3.05) is 13.1 Å². The largest absolute Gasteiger partial charge is 0.357 e. The summed E-state index contributed by atoms with van der Waals surface area (Å²) in [6.07, 6.45) is 2.56. The average molecular weight is 435 g/mol. The highest BCUT2D eigenvalue weighted by Gasteiger charge is 2.02. The summed E-state index contributed by atoms with van der Waals surface area (Å²) in [7, 11) is 1.91. The van der Waals surface area contributed by atoms with Gasteiger partial charge in [0.15, 0.2) is 11.8 Å². The molecule has 2 rings (SSSR count). The quantitative estimate of drug-likeness (QED) is 0.409. The van der Waals surface area contributed by atoms with Crippen molar-refractivity contribution >= 4 is 41.3 Å². The lowest BCUT2D eigenvalue weighted by Gasteiger charge is -2.10. The van der Waals surface area contributed by atoms with Crippen molar-refractivity contribution in [3.05, 3.63) is 28.2 Å². The van der Waals surface area contributed by atoms with E-state index in [2.05, 4.69) is 36.2 Å². The summed E-state index contributed by atoms with van der Waals surface area (Å²) < 4.78 is 1.87. The summed E-state index contributed by atoms with van der Waals surface area (Å²) in [5, 5.41) is 17.6. The van der Waals surface area contributed by atoms with Crippen molar-refractivity contribution in [2.24, 2.45) is 12.0 Å². The first-order valence-electron chi connectivity index (χ1n) is 6.95. The molecule has 2 aromatic rings. The summed E-state index contributed by atoms with van der Waals surface area (Å²) in [5.74, 6) is 1.62. The Morgan fingerprint density at radius 1 is 1.41 bits per heavy atom. The first-order valence-corrected chi connectivity index (χ1v) is 7.83. The van der Waals surface area contributed by atoms with Crippen molar-refractivity contribution in [2.45, 2.75) is 26.8 Å². The fourth-order valence-corrected chi connectivity index (χ4v) is 2.42. The molecule has 0 aromatic carbocycles. The second kappa shape index (κ2) is 9.72. The third-order valence-corrected chi connectivity index (χ3v) is 3.69. The Bertz CT molecular complexity index is 593. The van der Waals surface area contributed by atoms with E-state index in [0.717, 1.165) is 42.0 Å². The first-order chi connectivity index (χ1) is 10.2. The summed E-state index contributed by atoms with van der Waals surface area (Å²) in [5.41, 5.74) is 1.12. The molecule has 0 aliphatic heterocycles. The summed E-state index contributed by atoms with van der Waals surface area (Å²) >= 11 is 1.68. The van der Waals surface area contributed by atoms with Crippen LogP contribution in [0.1, 0.15) is 23.4 Å². The first kappa shape index (κ1) is 18.8. The van der Waals surface area contributed by atoms with Gasteiger partial charge < -0.3 is 15.2 Å². The molecule has 22 heavy (non-hydrogen) atoms. The van der Waals surface area contributed by atoms with Gasteiger partial charge in [0.05, 0.1) is 10.7 Å². The van der Waals surface area contributed by atoms with E-state index in [1.807, 2.05) is 25.5 Å². The lowest BCUT2D eigenvalue weighted by atomic mass is 10.3. The molecule has 0 aliphatic rings. The minimum atomic E-state index is 0.